The second-order valence-electron chi connectivity index (χ2n) is 6.95. The normalized spacial score (nSPS) is 28.9. The van der Waals surface area contributed by atoms with E-state index in [0.29, 0.717) is 22.3 Å². The number of alkyl halides is 1. The molecule has 0 saturated heterocycles. The van der Waals surface area contributed by atoms with Gasteiger partial charge in [0.2, 0.25) is 0 Å². The van der Waals surface area contributed by atoms with Crippen LogP contribution in [0.15, 0.2) is 24.3 Å². The summed E-state index contributed by atoms with van der Waals surface area (Å²) in [6, 6.07) is 8.65. The van der Waals surface area contributed by atoms with Crippen molar-refractivity contribution in [2.45, 2.75) is 75.6 Å². The average Bonchev–Trinajstić information content (AvgIpc) is 2.55. The molecular weight excluding hydrogens is 324 g/mol. The van der Waals surface area contributed by atoms with Crippen molar-refractivity contribution >= 4 is 15.9 Å². The summed E-state index contributed by atoms with van der Waals surface area (Å²) < 4.78 is 6.54. The van der Waals surface area contributed by atoms with Crippen LogP contribution in [0.4, 0.5) is 0 Å². The van der Waals surface area contributed by atoms with Crippen LogP contribution < -0.4 is 4.74 Å². The van der Waals surface area contributed by atoms with Gasteiger partial charge in [-0.25, -0.2) is 0 Å². The monoisotopic (exact) mass is 350 g/mol. The molecule has 21 heavy (non-hydrogen) atoms. The summed E-state index contributed by atoms with van der Waals surface area (Å²) in [5.74, 6) is 1.70. The third-order valence-electron chi connectivity index (χ3n) is 5.80. The molecular formula is C19H27BrO. The van der Waals surface area contributed by atoms with Crippen molar-refractivity contribution in [1.29, 1.82) is 0 Å². The zero-order valence-electron chi connectivity index (χ0n) is 13.3. The minimum atomic E-state index is 0.404. The molecule has 1 aromatic carbocycles. The highest BCUT2D eigenvalue weighted by Gasteiger charge is 2.55. The number of halogens is 1. The lowest BCUT2D eigenvalue weighted by atomic mass is 9.58. The molecule has 3 rings (SSSR count). The number of hydrogen-bond donors (Lipinski definition) is 0. The maximum absolute atomic E-state index is 6.54. The number of rotatable bonds is 4. The molecule has 3 atom stereocenters. The summed E-state index contributed by atoms with van der Waals surface area (Å²) in [5.41, 5.74) is 1.78. The van der Waals surface area contributed by atoms with Crippen LogP contribution in [0.2, 0.25) is 0 Å². The molecule has 1 nitrogen and oxygen atoms in total. The maximum atomic E-state index is 6.54. The Morgan fingerprint density at radius 3 is 2.62 bits per heavy atom. The van der Waals surface area contributed by atoms with E-state index in [1.807, 2.05) is 0 Å². The molecule has 3 unspecified atom stereocenters. The molecule has 0 N–H and O–H groups in total. The van der Waals surface area contributed by atoms with Gasteiger partial charge in [-0.3, -0.25) is 0 Å². The van der Waals surface area contributed by atoms with E-state index < -0.39 is 0 Å². The van der Waals surface area contributed by atoms with Gasteiger partial charge >= 0.3 is 0 Å². The molecule has 116 valence electrons. The summed E-state index contributed by atoms with van der Waals surface area (Å²) in [6.45, 7) is 4.55. The first-order valence-corrected chi connectivity index (χ1v) is 9.48. The van der Waals surface area contributed by atoms with Gasteiger partial charge in [-0.1, -0.05) is 67.2 Å². The molecule has 2 saturated carbocycles. The second kappa shape index (κ2) is 6.32. The lowest BCUT2D eigenvalue weighted by molar-refractivity contribution is -0.0606. The van der Waals surface area contributed by atoms with Gasteiger partial charge in [-0.2, -0.15) is 0 Å². The zero-order chi connectivity index (χ0) is 14.9. The molecule has 2 aliphatic carbocycles. The molecule has 1 aromatic rings. The van der Waals surface area contributed by atoms with E-state index in [0.717, 1.165) is 18.6 Å². The lowest BCUT2D eigenvalue weighted by Crippen LogP contribution is -2.57. The molecule has 2 fully saturated rings. The van der Waals surface area contributed by atoms with Gasteiger partial charge in [-0.15, -0.1) is 0 Å². The largest absolute Gasteiger partial charge is 0.489 e. The Kier molecular flexibility index (Phi) is 4.63. The predicted molar refractivity (Wildman–Crippen MR) is 92.4 cm³/mol. The van der Waals surface area contributed by atoms with E-state index >= 15 is 0 Å². The van der Waals surface area contributed by atoms with Crippen molar-refractivity contribution in [1.82, 2.24) is 0 Å². The Balaban J connectivity index is 1.78. The summed E-state index contributed by atoms with van der Waals surface area (Å²) >= 11 is 3.91. The van der Waals surface area contributed by atoms with Crippen molar-refractivity contribution in [3.8, 4) is 5.75 Å². The molecule has 1 spiro atoms. The third kappa shape index (κ3) is 2.76. The van der Waals surface area contributed by atoms with Gasteiger partial charge in [0.15, 0.2) is 0 Å². The summed E-state index contributed by atoms with van der Waals surface area (Å²) in [6.07, 6.45) is 9.54. The summed E-state index contributed by atoms with van der Waals surface area (Å²) in [4.78, 5) is 0.658. The average molecular weight is 351 g/mol. The smallest absolute Gasteiger partial charge is 0.123 e. The quantitative estimate of drug-likeness (QED) is 0.599. The van der Waals surface area contributed by atoms with Gasteiger partial charge in [0.1, 0.15) is 11.9 Å². The van der Waals surface area contributed by atoms with E-state index in [2.05, 4.69) is 54.0 Å². The van der Waals surface area contributed by atoms with Crippen LogP contribution in [0, 0.1) is 5.41 Å². The van der Waals surface area contributed by atoms with Crippen LogP contribution in [0.3, 0.4) is 0 Å². The van der Waals surface area contributed by atoms with Crippen LogP contribution in [-0.2, 0) is 0 Å². The van der Waals surface area contributed by atoms with Crippen molar-refractivity contribution in [2.75, 3.05) is 0 Å². The maximum Gasteiger partial charge on any atom is 0.123 e. The molecule has 2 heteroatoms. The van der Waals surface area contributed by atoms with Crippen LogP contribution >= 0.6 is 15.9 Å². The van der Waals surface area contributed by atoms with Crippen molar-refractivity contribution < 1.29 is 4.74 Å². The molecule has 0 radical (unpaired) electrons. The number of para-hydroxylation sites is 1. The SMILES string of the molecule is CCC(C)c1ccccc1OC1CC(Br)C12CCCCC2. The Morgan fingerprint density at radius 1 is 1.24 bits per heavy atom. The molecule has 0 heterocycles. The van der Waals surface area contributed by atoms with Gasteiger partial charge in [0.05, 0.1) is 0 Å². The fourth-order valence-electron chi connectivity index (χ4n) is 4.08. The number of benzene rings is 1. The highest BCUT2D eigenvalue weighted by Crippen LogP contribution is 2.56. The lowest BCUT2D eigenvalue weighted by Gasteiger charge is -2.55. The minimum absolute atomic E-state index is 0.404. The minimum Gasteiger partial charge on any atom is -0.489 e. The van der Waals surface area contributed by atoms with Crippen LogP contribution in [-0.4, -0.2) is 10.9 Å². The Hall–Kier alpha value is -0.500. The number of ether oxygens (including phenoxy) is 1. The highest BCUT2D eigenvalue weighted by atomic mass is 79.9. The van der Waals surface area contributed by atoms with Crippen LogP contribution in [0.5, 0.6) is 5.75 Å². The summed E-state index contributed by atoms with van der Waals surface area (Å²) in [7, 11) is 0. The molecule has 2 aliphatic rings. The van der Waals surface area contributed by atoms with Gasteiger partial charge < -0.3 is 4.74 Å². The first kappa shape index (κ1) is 15.4. The molecule has 0 bridgehead atoms. The van der Waals surface area contributed by atoms with E-state index in [9.17, 15) is 0 Å². The van der Waals surface area contributed by atoms with Crippen molar-refractivity contribution in [3.05, 3.63) is 29.8 Å². The van der Waals surface area contributed by atoms with E-state index in [-0.39, 0.29) is 0 Å². The zero-order valence-corrected chi connectivity index (χ0v) is 14.9. The van der Waals surface area contributed by atoms with E-state index in [1.54, 1.807) is 0 Å². The first-order valence-electron chi connectivity index (χ1n) is 8.57. The van der Waals surface area contributed by atoms with Crippen molar-refractivity contribution in [3.63, 3.8) is 0 Å². The van der Waals surface area contributed by atoms with Crippen molar-refractivity contribution in [2.24, 2.45) is 5.41 Å². The van der Waals surface area contributed by atoms with Gasteiger partial charge in [0, 0.05) is 10.2 Å². The molecule has 0 aliphatic heterocycles. The van der Waals surface area contributed by atoms with Gasteiger partial charge in [0.25, 0.3) is 0 Å². The topological polar surface area (TPSA) is 9.23 Å². The van der Waals surface area contributed by atoms with E-state index in [4.69, 9.17) is 4.74 Å². The first-order chi connectivity index (χ1) is 10.2. The Bertz CT molecular complexity index is 478. The third-order valence-corrected chi connectivity index (χ3v) is 7.09. The fraction of sp³-hybridized carbons (Fsp3) is 0.684. The van der Waals surface area contributed by atoms with E-state index in [1.165, 1.54) is 37.7 Å². The Labute approximate surface area is 137 Å². The predicted octanol–water partition coefficient (Wildman–Crippen LogP) is 6.07. The summed E-state index contributed by atoms with van der Waals surface area (Å²) in [5, 5.41) is 0. The van der Waals surface area contributed by atoms with Gasteiger partial charge in [-0.05, 0) is 43.2 Å². The van der Waals surface area contributed by atoms with Crippen LogP contribution in [0.1, 0.15) is 70.3 Å². The highest BCUT2D eigenvalue weighted by molar-refractivity contribution is 9.09. The fourth-order valence-corrected chi connectivity index (χ4v) is 5.17. The second-order valence-corrected chi connectivity index (χ2v) is 8.06. The molecule has 0 aromatic heterocycles. The molecule has 0 amide bonds. The standard InChI is InChI=1S/C19H27BrO/c1-3-14(2)15-9-5-6-10-16(15)21-18-13-17(20)19(18)11-7-4-8-12-19/h5-6,9-10,14,17-18H,3-4,7-8,11-13H2,1-2H3. The van der Waals surface area contributed by atoms with Crippen LogP contribution in [0.25, 0.3) is 0 Å². The number of hydrogen-bond acceptors (Lipinski definition) is 1. The Morgan fingerprint density at radius 2 is 1.95 bits per heavy atom.